The second-order valence-corrected chi connectivity index (χ2v) is 9.23. The molecular formula is C28H37Cs2N2O7P. The van der Waals surface area contributed by atoms with Gasteiger partial charge in [0.15, 0.2) is 0 Å². The molecule has 1 unspecified atom stereocenters. The van der Waals surface area contributed by atoms with Crippen molar-refractivity contribution in [3.05, 3.63) is 81.7 Å². The van der Waals surface area contributed by atoms with Crippen molar-refractivity contribution >= 4 is 13.7 Å². The van der Waals surface area contributed by atoms with Crippen LogP contribution in [-0.2, 0) is 13.8 Å². The predicted molar refractivity (Wildman–Crippen MR) is 150 cm³/mol. The largest absolute Gasteiger partial charge is 1.00 e. The van der Waals surface area contributed by atoms with E-state index >= 15 is 0 Å². The summed E-state index contributed by atoms with van der Waals surface area (Å²) in [5, 5.41) is 9.55. The molecule has 1 atom stereocenters. The number of rotatable bonds is 9. The Bertz CT molecular complexity index is 1140. The van der Waals surface area contributed by atoms with Crippen LogP contribution in [0.3, 0.4) is 0 Å². The number of nitrogens with zero attached hydrogens (tertiary/aromatic N) is 2. The van der Waals surface area contributed by atoms with Crippen molar-refractivity contribution in [2.75, 3.05) is 33.5 Å². The number of phosphoric acid groups is 1. The van der Waals surface area contributed by atoms with Gasteiger partial charge in [0.2, 0.25) is 0 Å². The summed E-state index contributed by atoms with van der Waals surface area (Å²) in [5.74, 6) is 7.00. The van der Waals surface area contributed by atoms with E-state index in [0.717, 1.165) is 42.9 Å². The van der Waals surface area contributed by atoms with Gasteiger partial charge in [-0.25, -0.2) is 4.57 Å². The molecule has 0 amide bonds. The smallest absolute Gasteiger partial charge is 0.490 e. The number of phosphoric ester groups is 1. The van der Waals surface area contributed by atoms with E-state index in [1.165, 1.54) is 18.1 Å². The van der Waals surface area contributed by atoms with Crippen LogP contribution in [0.2, 0.25) is 0 Å². The van der Waals surface area contributed by atoms with Gasteiger partial charge in [-0.1, -0.05) is 42.7 Å². The minimum Gasteiger partial charge on any atom is -0.490 e. The van der Waals surface area contributed by atoms with Crippen LogP contribution in [0.1, 0.15) is 18.4 Å². The van der Waals surface area contributed by atoms with E-state index in [2.05, 4.69) is 27.9 Å². The van der Waals surface area contributed by atoms with Crippen LogP contribution in [0.5, 0.6) is 5.75 Å². The van der Waals surface area contributed by atoms with E-state index in [1.807, 2.05) is 48.5 Å². The van der Waals surface area contributed by atoms with E-state index in [-0.39, 0.29) is 165 Å². The summed E-state index contributed by atoms with van der Waals surface area (Å²) in [4.78, 5) is 23.6. The Morgan fingerprint density at radius 2 is 1.68 bits per heavy atom. The Kier molecular flexibility index (Phi) is 24.5. The maximum atomic E-state index is 11.2. The molecule has 1 aliphatic heterocycles. The van der Waals surface area contributed by atoms with E-state index in [4.69, 9.17) is 19.3 Å². The molecule has 1 fully saturated rings. The first kappa shape index (κ1) is 43.3. The topological polar surface area (TPSA) is 121 Å². The van der Waals surface area contributed by atoms with Gasteiger partial charge < -0.3 is 44.1 Å². The molecular weight excluding hydrogens is 773 g/mol. The molecule has 0 aromatic heterocycles. The maximum absolute atomic E-state index is 11.2. The van der Waals surface area contributed by atoms with E-state index in [9.17, 15) is 9.67 Å². The van der Waals surface area contributed by atoms with Gasteiger partial charge in [-0.2, -0.15) is 0 Å². The average Bonchev–Trinajstić information content (AvgIpc) is 2.88. The van der Waals surface area contributed by atoms with Gasteiger partial charge in [-0.05, 0) is 41.6 Å². The fourth-order valence-electron chi connectivity index (χ4n) is 3.66. The molecule has 2 aromatic rings. The minimum atomic E-state index is -4.71. The molecule has 2 aromatic carbocycles. The van der Waals surface area contributed by atoms with Crippen molar-refractivity contribution in [1.82, 2.24) is 4.90 Å². The standard InChI is InChI=1S/C26H31N2O7P.2CH3.2Cs/c1-3-28(26(18-29)27-2)23(19-34-36(30,31)32)11-6-20-4-7-21(8-5-20)22-9-12-24(13-10-22)35-25-14-16-33-17-15-25;;;;/h3-5,7-10,12-13,23,25,29H,1,14-19H2,2H3,(H2,30,31,32);2*1H3;;/q;2*-1;2*+1. The molecule has 1 saturated heterocycles. The molecule has 0 bridgehead atoms. The van der Waals surface area contributed by atoms with Gasteiger partial charge in [0.25, 0.3) is 0 Å². The fourth-order valence-corrected chi connectivity index (χ4v) is 4.00. The van der Waals surface area contributed by atoms with Crippen LogP contribution < -0.4 is 143 Å². The molecule has 1 heterocycles. The summed E-state index contributed by atoms with van der Waals surface area (Å²) in [5.41, 5.74) is 2.74. The van der Waals surface area contributed by atoms with Crippen molar-refractivity contribution in [3.8, 4) is 28.7 Å². The molecule has 9 nitrogen and oxygen atoms in total. The summed E-state index contributed by atoms with van der Waals surface area (Å²) in [7, 11) is -3.23. The molecule has 12 heteroatoms. The van der Waals surface area contributed by atoms with Gasteiger partial charge in [-0.15, -0.1) is 0 Å². The van der Waals surface area contributed by atoms with Crippen LogP contribution >= 0.6 is 7.82 Å². The molecule has 3 N–H and O–H groups in total. The third-order valence-electron chi connectivity index (χ3n) is 5.56. The first-order valence-electron chi connectivity index (χ1n) is 11.5. The van der Waals surface area contributed by atoms with Crippen LogP contribution in [0.15, 0.2) is 66.3 Å². The summed E-state index contributed by atoms with van der Waals surface area (Å²) >= 11 is 0. The van der Waals surface area contributed by atoms with Crippen molar-refractivity contribution in [2.24, 2.45) is 4.99 Å². The molecule has 0 saturated carbocycles. The molecule has 0 aliphatic carbocycles. The third kappa shape index (κ3) is 14.7. The van der Waals surface area contributed by atoms with Crippen LogP contribution in [0.25, 0.3) is 11.1 Å². The number of hydrogen-bond donors (Lipinski definition) is 3. The number of amidine groups is 1. The van der Waals surface area contributed by atoms with Gasteiger partial charge in [0.05, 0.1) is 19.8 Å². The van der Waals surface area contributed by atoms with Crippen molar-refractivity contribution in [1.29, 1.82) is 0 Å². The first-order valence-corrected chi connectivity index (χ1v) is 13.0. The summed E-state index contributed by atoms with van der Waals surface area (Å²) in [6.45, 7) is 4.34. The normalized spacial score (nSPS) is 13.9. The Morgan fingerprint density at radius 3 is 2.15 bits per heavy atom. The molecule has 208 valence electrons. The number of aliphatic imine (C=N–C) groups is 1. The Hall–Kier alpha value is 1.14. The van der Waals surface area contributed by atoms with E-state index in [0.29, 0.717) is 5.56 Å². The zero-order valence-electron chi connectivity index (χ0n) is 24.1. The Balaban J connectivity index is 0. The number of aliphatic hydroxyl groups is 1. The summed E-state index contributed by atoms with van der Waals surface area (Å²) in [6, 6.07) is 14.7. The van der Waals surface area contributed by atoms with Gasteiger partial charge in [-0.3, -0.25) is 9.52 Å². The number of hydrogen-bond acceptors (Lipinski definition) is 6. The number of aliphatic hydroxyl groups excluding tert-OH is 1. The number of ether oxygens (including phenoxy) is 2. The van der Waals surface area contributed by atoms with Crippen molar-refractivity contribution in [3.63, 3.8) is 0 Å². The SMILES string of the molecule is C=CN(C(CO)=NC)C(C#Cc1ccc(-c2ccc(OC3CCOCC3)cc2)cc1)COP(=O)(O)O.[CH3-].[CH3-].[Cs+].[Cs+]. The third-order valence-corrected chi connectivity index (χ3v) is 6.04. The van der Waals surface area contributed by atoms with Crippen LogP contribution in [0, 0.1) is 26.7 Å². The molecule has 0 spiro atoms. The predicted octanol–water partition coefficient (Wildman–Crippen LogP) is -1.88. The van der Waals surface area contributed by atoms with Gasteiger partial charge in [0.1, 0.15) is 30.3 Å². The first-order chi connectivity index (χ1) is 17.3. The second-order valence-electron chi connectivity index (χ2n) is 7.99. The summed E-state index contributed by atoms with van der Waals surface area (Å²) in [6.07, 6.45) is 3.35. The molecule has 40 heavy (non-hydrogen) atoms. The van der Waals surface area contributed by atoms with Gasteiger partial charge in [0, 0.05) is 25.5 Å². The number of benzene rings is 2. The Labute approximate surface area is 356 Å². The van der Waals surface area contributed by atoms with Crippen molar-refractivity contribution in [2.45, 2.75) is 25.0 Å². The fraction of sp³-hybridized carbons (Fsp3) is 0.321. The monoisotopic (exact) mass is 810 g/mol. The van der Waals surface area contributed by atoms with Crippen LogP contribution in [0.4, 0.5) is 0 Å². The summed E-state index contributed by atoms with van der Waals surface area (Å²) < 4.78 is 27.3. The molecule has 1 aliphatic rings. The maximum Gasteiger partial charge on any atom is 1.00 e. The van der Waals surface area contributed by atoms with Crippen LogP contribution in [-0.4, -0.2) is 71.2 Å². The zero-order chi connectivity index (χ0) is 26.0. The van der Waals surface area contributed by atoms with Crippen molar-refractivity contribution < 1.29 is 171 Å². The zero-order valence-corrected chi connectivity index (χ0v) is 37.6. The molecule has 0 radical (unpaired) electrons. The van der Waals surface area contributed by atoms with Gasteiger partial charge >= 0.3 is 146 Å². The van der Waals surface area contributed by atoms with E-state index < -0.39 is 27.1 Å². The Morgan fingerprint density at radius 1 is 1.12 bits per heavy atom. The molecule has 3 rings (SSSR count). The minimum absolute atomic E-state index is 0. The van der Waals surface area contributed by atoms with E-state index in [1.54, 1.807) is 0 Å². The quantitative estimate of drug-likeness (QED) is 0.0887. The average molecular weight is 810 g/mol. The second kappa shape index (κ2) is 22.6.